The third-order valence-corrected chi connectivity index (χ3v) is 4.09. The first kappa shape index (κ1) is 18.5. The summed E-state index contributed by atoms with van der Waals surface area (Å²) in [6.07, 6.45) is -0.00952. The van der Waals surface area contributed by atoms with Gasteiger partial charge in [-0.25, -0.2) is 9.59 Å². The zero-order valence-corrected chi connectivity index (χ0v) is 14.6. The van der Waals surface area contributed by atoms with E-state index in [-0.39, 0.29) is 18.4 Å². The summed E-state index contributed by atoms with van der Waals surface area (Å²) in [5.74, 6) is -1.11. The van der Waals surface area contributed by atoms with Crippen LogP contribution < -0.4 is 15.7 Å². The quantitative estimate of drug-likeness (QED) is 0.774. The second-order valence-corrected chi connectivity index (χ2v) is 5.88. The average molecular weight is 347 g/mol. The highest BCUT2D eigenvalue weighted by molar-refractivity contribution is 5.90. The zero-order chi connectivity index (χ0) is 18.7. The molecule has 0 spiro atoms. The number of nitrogens with one attached hydrogen (secondary N) is 1. The third kappa shape index (κ3) is 3.81. The van der Waals surface area contributed by atoms with E-state index >= 15 is 0 Å². The fourth-order valence-corrected chi connectivity index (χ4v) is 2.75. The topological polar surface area (TPSA) is 106 Å². The van der Waals surface area contributed by atoms with Gasteiger partial charge in [0.15, 0.2) is 0 Å². The van der Waals surface area contributed by atoms with E-state index in [0.717, 1.165) is 5.56 Å². The standard InChI is InChI=1S/C18H21NO6/c1-5-12(17(21)22)19-15(20)8-11-10(3)16-13(24-4)6-9(2)7-14(16)25-18(11)23/h6-7,12H,5,8H2,1-4H3,(H,19,20)(H,21,22). The maximum Gasteiger partial charge on any atom is 0.340 e. The third-order valence-electron chi connectivity index (χ3n) is 4.09. The Labute approximate surface area is 144 Å². The van der Waals surface area contributed by atoms with Gasteiger partial charge in [0.05, 0.1) is 24.5 Å². The maximum absolute atomic E-state index is 12.3. The monoisotopic (exact) mass is 347 g/mol. The van der Waals surface area contributed by atoms with Crippen molar-refractivity contribution in [3.05, 3.63) is 39.2 Å². The number of rotatable bonds is 6. The predicted octanol–water partition coefficient (Wildman–Crippen LogP) is 1.94. The molecule has 0 radical (unpaired) electrons. The van der Waals surface area contributed by atoms with E-state index in [1.807, 2.05) is 13.0 Å². The first-order valence-corrected chi connectivity index (χ1v) is 7.91. The molecule has 25 heavy (non-hydrogen) atoms. The molecular weight excluding hydrogens is 326 g/mol. The Morgan fingerprint density at radius 1 is 1.32 bits per heavy atom. The van der Waals surface area contributed by atoms with Crippen molar-refractivity contribution in [2.45, 2.75) is 39.7 Å². The molecule has 0 bridgehead atoms. The van der Waals surface area contributed by atoms with Crippen molar-refractivity contribution in [3.8, 4) is 5.75 Å². The molecule has 7 nitrogen and oxygen atoms in total. The van der Waals surface area contributed by atoms with E-state index in [0.29, 0.717) is 22.3 Å². The van der Waals surface area contributed by atoms with Crippen molar-refractivity contribution in [1.29, 1.82) is 0 Å². The minimum atomic E-state index is -1.12. The Bertz CT molecular complexity index is 883. The van der Waals surface area contributed by atoms with Crippen molar-refractivity contribution in [1.82, 2.24) is 5.32 Å². The van der Waals surface area contributed by atoms with Crippen molar-refractivity contribution < 1.29 is 23.8 Å². The highest BCUT2D eigenvalue weighted by atomic mass is 16.5. The average Bonchev–Trinajstić information content (AvgIpc) is 2.54. The number of hydrogen-bond donors (Lipinski definition) is 2. The van der Waals surface area contributed by atoms with Gasteiger partial charge >= 0.3 is 11.6 Å². The molecule has 1 amide bonds. The second kappa shape index (κ2) is 7.38. The number of carbonyl (C=O) groups excluding carboxylic acids is 1. The zero-order valence-electron chi connectivity index (χ0n) is 14.6. The molecule has 134 valence electrons. The number of methoxy groups -OCH3 is 1. The lowest BCUT2D eigenvalue weighted by Crippen LogP contribution is -2.41. The summed E-state index contributed by atoms with van der Waals surface area (Å²) in [5.41, 5.74) is 1.43. The van der Waals surface area contributed by atoms with Crippen LogP contribution in [0.5, 0.6) is 5.75 Å². The summed E-state index contributed by atoms with van der Waals surface area (Å²) >= 11 is 0. The summed E-state index contributed by atoms with van der Waals surface area (Å²) < 4.78 is 10.7. The van der Waals surface area contributed by atoms with E-state index in [4.69, 9.17) is 14.3 Å². The number of benzene rings is 1. The molecule has 2 aromatic rings. The molecule has 2 rings (SSSR count). The molecule has 1 atom stereocenters. The van der Waals surface area contributed by atoms with Gasteiger partial charge in [-0.2, -0.15) is 0 Å². The van der Waals surface area contributed by atoms with Crippen LogP contribution in [0.15, 0.2) is 21.3 Å². The molecule has 0 aliphatic carbocycles. The molecule has 2 N–H and O–H groups in total. The second-order valence-electron chi connectivity index (χ2n) is 5.88. The number of carboxylic acids is 1. The number of aryl methyl sites for hydroxylation is 2. The van der Waals surface area contributed by atoms with Gasteiger partial charge in [0, 0.05) is 0 Å². The van der Waals surface area contributed by atoms with Gasteiger partial charge in [-0.15, -0.1) is 0 Å². The van der Waals surface area contributed by atoms with Crippen molar-refractivity contribution in [3.63, 3.8) is 0 Å². The maximum atomic E-state index is 12.3. The lowest BCUT2D eigenvalue weighted by Gasteiger charge is -2.14. The summed E-state index contributed by atoms with van der Waals surface area (Å²) in [4.78, 5) is 35.5. The summed E-state index contributed by atoms with van der Waals surface area (Å²) in [6, 6.07) is 2.56. The molecule has 7 heteroatoms. The number of aliphatic carboxylic acids is 1. The molecule has 1 unspecified atom stereocenters. The minimum Gasteiger partial charge on any atom is -0.496 e. The van der Waals surface area contributed by atoms with Crippen molar-refractivity contribution >= 4 is 22.8 Å². The van der Waals surface area contributed by atoms with Crippen LogP contribution in [0.3, 0.4) is 0 Å². The minimum absolute atomic E-state index is 0.187. The van der Waals surface area contributed by atoms with E-state index in [2.05, 4.69) is 5.32 Å². The van der Waals surface area contributed by atoms with Crippen LogP contribution in [-0.2, 0) is 16.0 Å². The molecule has 0 aliphatic rings. The van der Waals surface area contributed by atoms with Crippen LogP contribution in [0.2, 0.25) is 0 Å². The number of carbonyl (C=O) groups is 2. The number of amides is 1. The van der Waals surface area contributed by atoms with Gasteiger partial charge in [0.1, 0.15) is 17.4 Å². The molecule has 0 aliphatic heterocycles. The number of carboxylic acid groups (broad SMARTS) is 1. The summed E-state index contributed by atoms with van der Waals surface area (Å²) in [7, 11) is 1.52. The van der Waals surface area contributed by atoms with Crippen molar-refractivity contribution in [2.75, 3.05) is 7.11 Å². The van der Waals surface area contributed by atoms with Gasteiger partial charge in [0.25, 0.3) is 0 Å². The first-order chi connectivity index (χ1) is 11.8. The Hall–Kier alpha value is -2.83. The fourth-order valence-electron chi connectivity index (χ4n) is 2.75. The molecular formula is C18H21NO6. The molecule has 0 saturated carbocycles. The highest BCUT2D eigenvalue weighted by Crippen LogP contribution is 2.30. The van der Waals surface area contributed by atoms with Gasteiger partial charge in [-0.3, -0.25) is 4.79 Å². The Kier molecular flexibility index (Phi) is 5.46. The lowest BCUT2D eigenvalue weighted by atomic mass is 10.0. The normalized spacial score (nSPS) is 12.0. The Morgan fingerprint density at radius 2 is 2.00 bits per heavy atom. The lowest BCUT2D eigenvalue weighted by molar-refractivity contribution is -0.141. The van der Waals surface area contributed by atoms with Crippen LogP contribution in [0.4, 0.5) is 0 Å². The Morgan fingerprint density at radius 3 is 2.56 bits per heavy atom. The van der Waals surface area contributed by atoms with Gasteiger partial charge in [-0.05, 0) is 43.5 Å². The number of ether oxygens (including phenoxy) is 1. The molecule has 0 fully saturated rings. The van der Waals surface area contributed by atoms with Gasteiger partial charge in [-0.1, -0.05) is 6.92 Å². The van der Waals surface area contributed by atoms with Crippen LogP contribution in [-0.4, -0.2) is 30.1 Å². The number of fused-ring (bicyclic) bond motifs is 1. The first-order valence-electron chi connectivity index (χ1n) is 7.91. The summed E-state index contributed by atoms with van der Waals surface area (Å²) in [5, 5.41) is 12.1. The van der Waals surface area contributed by atoms with E-state index < -0.39 is 23.5 Å². The van der Waals surface area contributed by atoms with Crippen LogP contribution >= 0.6 is 0 Å². The fraction of sp³-hybridized carbons (Fsp3) is 0.389. The van der Waals surface area contributed by atoms with Gasteiger partial charge < -0.3 is 19.6 Å². The highest BCUT2D eigenvalue weighted by Gasteiger charge is 2.21. The van der Waals surface area contributed by atoms with E-state index in [1.54, 1.807) is 19.9 Å². The largest absolute Gasteiger partial charge is 0.496 e. The number of hydrogen-bond acceptors (Lipinski definition) is 5. The molecule has 1 heterocycles. The molecule has 1 aromatic heterocycles. The SMILES string of the molecule is CCC(NC(=O)Cc1c(C)c2c(OC)cc(C)cc2oc1=O)C(=O)O. The smallest absolute Gasteiger partial charge is 0.340 e. The molecule has 1 aromatic carbocycles. The van der Waals surface area contributed by atoms with Crippen LogP contribution in [0, 0.1) is 13.8 Å². The Balaban J connectivity index is 2.45. The predicted molar refractivity (Wildman–Crippen MR) is 92.1 cm³/mol. The van der Waals surface area contributed by atoms with Gasteiger partial charge in [0.2, 0.25) is 5.91 Å². The summed E-state index contributed by atoms with van der Waals surface area (Å²) in [6.45, 7) is 5.23. The van der Waals surface area contributed by atoms with Crippen LogP contribution in [0.1, 0.15) is 30.0 Å². The van der Waals surface area contributed by atoms with E-state index in [1.165, 1.54) is 7.11 Å². The van der Waals surface area contributed by atoms with E-state index in [9.17, 15) is 14.4 Å². The molecule has 0 saturated heterocycles. The van der Waals surface area contributed by atoms with Crippen LogP contribution in [0.25, 0.3) is 11.0 Å². The van der Waals surface area contributed by atoms with Crippen molar-refractivity contribution in [2.24, 2.45) is 0 Å².